The fourth-order valence-corrected chi connectivity index (χ4v) is 6.26. The van der Waals surface area contributed by atoms with E-state index in [0.717, 1.165) is 70.6 Å². The summed E-state index contributed by atoms with van der Waals surface area (Å²) in [5.41, 5.74) is 0. The number of esters is 1. The molecular weight excluding hydrogens is 634 g/mol. The zero-order valence-corrected chi connectivity index (χ0v) is 33.6. The van der Waals surface area contributed by atoms with Crippen molar-refractivity contribution >= 4 is 11.9 Å². The van der Waals surface area contributed by atoms with Crippen LogP contribution in [0.2, 0.25) is 0 Å². The van der Waals surface area contributed by atoms with Gasteiger partial charge in [0.2, 0.25) is 5.91 Å². The number of hydrogen-bond donors (Lipinski definition) is 3. The maximum atomic E-state index is 12.3. The second kappa shape index (κ2) is 40.8. The molecule has 6 nitrogen and oxygen atoms in total. The van der Waals surface area contributed by atoms with Crippen LogP contribution in [-0.4, -0.2) is 47.4 Å². The number of aliphatic hydroxyl groups excluding tert-OH is 2. The Kier molecular flexibility index (Phi) is 39.3. The van der Waals surface area contributed by atoms with Gasteiger partial charge in [0.25, 0.3) is 0 Å². The van der Waals surface area contributed by atoms with Crippen molar-refractivity contribution in [3.05, 3.63) is 36.5 Å². The van der Waals surface area contributed by atoms with Crippen LogP contribution in [0.25, 0.3) is 0 Å². The molecule has 298 valence electrons. The molecule has 3 N–H and O–H groups in total. The Balaban J connectivity index is 3.54. The van der Waals surface area contributed by atoms with Gasteiger partial charge in [0.05, 0.1) is 25.4 Å². The average Bonchev–Trinajstić information content (AvgIpc) is 3.13. The number of ether oxygens (including phenoxy) is 1. The third-order valence-corrected chi connectivity index (χ3v) is 9.64. The minimum absolute atomic E-state index is 0.0377. The van der Waals surface area contributed by atoms with Gasteiger partial charge in [-0.25, -0.2) is 0 Å². The van der Waals surface area contributed by atoms with E-state index in [0.29, 0.717) is 19.4 Å². The maximum absolute atomic E-state index is 12.3. The van der Waals surface area contributed by atoms with Crippen molar-refractivity contribution in [1.29, 1.82) is 0 Å². The van der Waals surface area contributed by atoms with E-state index in [1.165, 1.54) is 116 Å². The highest BCUT2D eigenvalue weighted by molar-refractivity contribution is 5.76. The Morgan fingerprint density at radius 1 is 0.549 bits per heavy atom. The minimum Gasteiger partial charge on any atom is -0.466 e. The zero-order chi connectivity index (χ0) is 37.3. The number of nitrogens with one attached hydrogen (secondary N) is 1. The summed E-state index contributed by atoms with van der Waals surface area (Å²) in [6.07, 6.45) is 46.9. The smallest absolute Gasteiger partial charge is 0.305 e. The highest BCUT2D eigenvalue weighted by Gasteiger charge is 2.18. The maximum Gasteiger partial charge on any atom is 0.305 e. The topological polar surface area (TPSA) is 95.9 Å². The van der Waals surface area contributed by atoms with Crippen molar-refractivity contribution in [2.45, 2.75) is 225 Å². The molecule has 2 atom stereocenters. The molecule has 0 aliphatic carbocycles. The van der Waals surface area contributed by atoms with Crippen molar-refractivity contribution in [2.24, 2.45) is 0 Å². The molecule has 0 aliphatic heterocycles. The van der Waals surface area contributed by atoms with Gasteiger partial charge < -0.3 is 20.3 Å². The Morgan fingerprint density at radius 3 is 1.57 bits per heavy atom. The summed E-state index contributed by atoms with van der Waals surface area (Å²) >= 11 is 0. The van der Waals surface area contributed by atoms with Gasteiger partial charge in [-0.05, 0) is 57.8 Å². The molecule has 0 radical (unpaired) electrons. The molecule has 0 saturated heterocycles. The normalized spacial score (nSPS) is 13.1. The first kappa shape index (κ1) is 49.1. The molecule has 6 heteroatoms. The Labute approximate surface area is 315 Å². The molecule has 0 bridgehead atoms. The number of aliphatic hydroxyl groups is 2. The van der Waals surface area contributed by atoms with E-state index in [1.807, 2.05) is 6.08 Å². The summed E-state index contributed by atoms with van der Waals surface area (Å²) in [7, 11) is 0. The van der Waals surface area contributed by atoms with E-state index in [9.17, 15) is 19.8 Å². The van der Waals surface area contributed by atoms with Crippen LogP contribution in [0.4, 0.5) is 0 Å². The van der Waals surface area contributed by atoms with Crippen LogP contribution in [0.1, 0.15) is 213 Å². The molecule has 0 saturated carbocycles. The SMILES string of the molecule is CCC/C=C\C/C=C\CCCCCCCC(=O)OCCCCCCCCCCCCC(=O)NC(CO)C(O)/C=C/CCCCCCCCCCC. The van der Waals surface area contributed by atoms with E-state index in [2.05, 4.69) is 43.5 Å². The largest absolute Gasteiger partial charge is 0.466 e. The number of carbonyl (C=O) groups excluding carboxylic acids is 2. The van der Waals surface area contributed by atoms with Gasteiger partial charge in [-0.2, -0.15) is 0 Å². The fraction of sp³-hybridized carbons (Fsp3) is 0.822. The third-order valence-electron chi connectivity index (χ3n) is 9.64. The van der Waals surface area contributed by atoms with E-state index in [-0.39, 0.29) is 18.5 Å². The first-order chi connectivity index (χ1) is 25.0. The quantitative estimate of drug-likeness (QED) is 0.0334. The van der Waals surface area contributed by atoms with Crippen LogP contribution in [0.3, 0.4) is 0 Å². The van der Waals surface area contributed by atoms with Gasteiger partial charge >= 0.3 is 5.97 Å². The number of rotatable bonds is 39. The van der Waals surface area contributed by atoms with Crippen molar-refractivity contribution in [1.82, 2.24) is 5.32 Å². The van der Waals surface area contributed by atoms with Crippen LogP contribution < -0.4 is 5.32 Å². The number of hydrogen-bond acceptors (Lipinski definition) is 5. The molecule has 0 aromatic heterocycles. The molecular formula is C45H83NO5. The lowest BCUT2D eigenvalue weighted by Gasteiger charge is -2.20. The average molecular weight is 718 g/mol. The summed E-state index contributed by atoms with van der Waals surface area (Å²) < 4.78 is 5.42. The first-order valence-corrected chi connectivity index (χ1v) is 21.8. The zero-order valence-electron chi connectivity index (χ0n) is 33.6. The second-order valence-corrected chi connectivity index (χ2v) is 14.7. The Morgan fingerprint density at radius 2 is 1.02 bits per heavy atom. The van der Waals surface area contributed by atoms with Crippen molar-refractivity contribution in [2.75, 3.05) is 13.2 Å². The molecule has 0 rings (SSSR count). The van der Waals surface area contributed by atoms with Crippen LogP contribution in [0.15, 0.2) is 36.5 Å². The summed E-state index contributed by atoms with van der Waals surface area (Å²) in [5.74, 6) is -0.133. The van der Waals surface area contributed by atoms with Crippen molar-refractivity contribution in [3.63, 3.8) is 0 Å². The fourth-order valence-electron chi connectivity index (χ4n) is 6.26. The molecule has 0 fully saturated rings. The number of amides is 1. The molecule has 0 heterocycles. The van der Waals surface area contributed by atoms with Gasteiger partial charge in [0.15, 0.2) is 0 Å². The lowest BCUT2D eigenvalue weighted by Crippen LogP contribution is -2.45. The lowest BCUT2D eigenvalue weighted by atomic mass is 10.0. The summed E-state index contributed by atoms with van der Waals surface area (Å²) in [5, 5.41) is 22.9. The summed E-state index contributed by atoms with van der Waals surface area (Å²) in [6.45, 7) is 4.74. The number of allylic oxidation sites excluding steroid dienone is 5. The van der Waals surface area contributed by atoms with Crippen LogP contribution >= 0.6 is 0 Å². The van der Waals surface area contributed by atoms with Crippen LogP contribution in [0.5, 0.6) is 0 Å². The predicted molar refractivity (Wildman–Crippen MR) is 218 cm³/mol. The summed E-state index contributed by atoms with van der Waals surface area (Å²) in [4.78, 5) is 24.3. The number of carbonyl (C=O) groups is 2. The van der Waals surface area contributed by atoms with Crippen molar-refractivity contribution < 1.29 is 24.5 Å². The van der Waals surface area contributed by atoms with Crippen LogP contribution in [-0.2, 0) is 14.3 Å². The standard InChI is InChI=1S/C45H83NO5/c1-3-5-7-9-11-13-15-16-18-23-27-31-35-39-45(50)51-40-36-32-28-24-20-19-22-26-30-34-38-44(49)46-42(41-47)43(48)37-33-29-25-21-17-14-12-10-8-6-4-2/h7,9,13,15,33,37,42-43,47-48H,3-6,8,10-12,14,16-32,34-36,38-41H2,1-2H3,(H,46,49)/b9-7-,15-13-,37-33+. The second-order valence-electron chi connectivity index (χ2n) is 14.7. The van der Waals surface area contributed by atoms with Gasteiger partial charge in [0, 0.05) is 12.8 Å². The predicted octanol–water partition coefficient (Wildman–Crippen LogP) is 12.2. The molecule has 0 aliphatic rings. The van der Waals surface area contributed by atoms with E-state index < -0.39 is 12.1 Å². The molecule has 0 aromatic rings. The monoisotopic (exact) mass is 718 g/mol. The molecule has 0 aromatic carbocycles. The molecule has 51 heavy (non-hydrogen) atoms. The Hall–Kier alpha value is -1.92. The Bertz CT molecular complexity index is 838. The molecule has 1 amide bonds. The van der Waals surface area contributed by atoms with Gasteiger partial charge in [0.1, 0.15) is 0 Å². The van der Waals surface area contributed by atoms with Gasteiger partial charge in [-0.15, -0.1) is 0 Å². The third kappa shape index (κ3) is 37.6. The highest BCUT2D eigenvalue weighted by Crippen LogP contribution is 2.14. The van der Waals surface area contributed by atoms with Gasteiger partial charge in [-0.1, -0.05) is 179 Å². The van der Waals surface area contributed by atoms with E-state index in [1.54, 1.807) is 6.08 Å². The van der Waals surface area contributed by atoms with Crippen LogP contribution in [0, 0.1) is 0 Å². The molecule has 2 unspecified atom stereocenters. The van der Waals surface area contributed by atoms with Gasteiger partial charge in [-0.3, -0.25) is 9.59 Å². The first-order valence-electron chi connectivity index (χ1n) is 21.8. The summed E-state index contributed by atoms with van der Waals surface area (Å²) in [6, 6.07) is -0.644. The minimum atomic E-state index is -0.858. The lowest BCUT2D eigenvalue weighted by molar-refractivity contribution is -0.143. The van der Waals surface area contributed by atoms with E-state index in [4.69, 9.17) is 4.74 Å². The number of unbranched alkanes of at least 4 members (excludes halogenated alkanes) is 24. The molecule has 0 spiro atoms. The van der Waals surface area contributed by atoms with Crippen molar-refractivity contribution in [3.8, 4) is 0 Å². The highest BCUT2D eigenvalue weighted by atomic mass is 16.5. The van der Waals surface area contributed by atoms with E-state index >= 15 is 0 Å².